The Bertz CT molecular complexity index is 333. The van der Waals surface area contributed by atoms with Crippen LogP contribution >= 0.6 is 0 Å². The lowest BCUT2D eigenvalue weighted by Gasteiger charge is -2.17. The zero-order chi connectivity index (χ0) is 12.1. The van der Waals surface area contributed by atoms with Crippen LogP contribution in [-0.4, -0.2) is 24.2 Å². The monoisotopic (exact) mass is 233 g/mol. The van der Waals surface area contributed by atoms with Gasteiger partial charge in [0.05, 0.1) is 0 Å². The molecule has 16 heavy (non-hydrogen) atoms. The summed E-state index contributed by atoms with van der Waals surface area (Å²) < 4.78 is 37.3. The third-order valence-corrected chi connectivity index (χ3v) is 2.30. The van der Waals surface area contributed by atoms with Gasteiger partial charge in [-0.1, -0.05) is 18.2 Å². The summed E-state index contributed by atoms with van der Waals surface area (Å²) in [6.07, 6.45) is -4.52. The summed E-state index contributed by atoms with van der Waals surface area (Å²) in [4.78, 5) is 0. The molecular weight excluding hydrogens is 219 g/mol. The SMILES string of the molecule is CC(NCC(O)C(F)F)c1ccccc1F. The molecule has 1 rings (SSSR count). The van der Waals surface area contributed by atoms with Crippen LogP contribution in [-0.2, 0) is 0 Å². The first-order valence-corrected chi connectivity index (χ1v) is 4.96. The van der Waals surface area contributed by atoms with E-state index in [0.717, 1.165) is 0 Å². The van der Waals surface area contributed by atoms with E-state index in [0.29, 0.717) is 5.56 Å². The minimum Gasteiger partial charge on any atom is -0.386 e. The zero-order valence-corrected chi connectivity index (χ0v) is 8.83. The van der Waals surface area contributed by atoms with Crippen molar-refractivity contribution in [1.29, 1.82) is 0 Å². The normalized spacial score (nSPS) is 15.1. The molecule has 0 amide bonds. The van der Waals surface area contributed by atoms with Gasteiger partial charge in [0.15, 0.2) is 0 Å². The summed E-state index contributed by atoms with van der Waals surface area (Å²) in [5.41, 5.74) is 0.393. The summed E-state index contributed by atoms with van der Waals surface area (Å²) in [5, 5.41) is 11.5. The van der Waals surface area contributed by atoms with E-state index in [1.54, 1.807) is 25.1 Å². The van der Waals surface area contributed by atoms with Crippen molar-refractivity contribution < 1.29 is 18.3 Å². The minimum atomic E-state index is -2.79. The van der Waals surface area contributed by atoms with Gasteiger partial charge in [-0.3, -0.25) is 0 Å². The van der Waals surface area contributed by atoms with Crippen LogP contribution in [0.1, 0.15) is 18.5 Å². The molecule has 0 bridgehead atoms. The Hall–Kier alpha value is -1.07. The van der Waals surface area contributed by atoms with Gasteiger partial charge in [0.25, 0.3) is 6.43 Å². The molecule has 0 fully saturated rings. The molecule has 2 unspecified atom stereocenters. The van der Waals surface area contributed by atoms with Gasteiger partial charge in [-0.2, -0.15) is 0 Å². The summed E-state index contributed by atoms with van der Waals surface area (Å²) in [5.74, 6) is -0.394. The van der Waals surface area contributed by atoms with Gasteiger partial charge in [0.1, 0.15) is 11.9 Å². The van der Waals surface area contributed by atoms with Gasteiger partial charge in [-0.25, -0.2) is 13.2 Å². The summed E-state index contributed by atoms with van der Waals surface area (Å²) in [6.45, 7) is 1.38. The van der Waals surface area contributed by atoms with Crippen molar-refractivity contribution in [3.05, 3.63) is 35.6 Å². The van der Waals surface area contributed by atoms with Crippen LogP contribution in [0.15, 0.2) is 24.3 Å². The van der Waals surface area contributed by atoms with Crippen molar-refractivity contribution >= 4 is 0 Å². The maximum Gasteiger partial charge on any atom is 0.265 e. The van der Waals surface area contributed by atoms with E-state index in [4.69, 9.17) is 5.11 Å². The second-order valence-corrected chi connectivity index (χ2v) is 3.55. The van der Waals surface area contributed by atoms with Crippen LogP contribution in [0, 0.1) is 5.82 Å². The lowest BCUT2D eigenvalue weighted by atomic mass is 10.1. The van der Waals surface area contributed by atoms with E-state index in [2.05, 4.69) is 5.32 Å². The summed E-state index contributed by atoms with van der Waals surface area (Å²) in [6, 6.07) is 5.67. The lowest BCUT2D eigenvalue weighted by Crippen LogP contribution is -2.33. The molecule has 0 aliphatic rings. The molecule has 0 spiro atoms. The molecule has 1 aromatic carbocycles. The highest BCUT2D eigenvalue weighted by Gasteiger charge is 2.18. The topological polar surface area (TPSA) is 32.3 Å². The molecule has 2 atom stereocenters. The Morgan fingerprint density at radius 3 is 2.50 bits per heavy atom. The molecule has 0 heterocycles. The predicted molar refractivity (Wildman–Crippen MR) is 54.8 cm³/mol. The summed E-state index contributed by atoms with van der Waals surface area (Å²) >= 11 is 0. The molecule has 5 heteroatoms. The fourth-order valence-electron chi connectivity index (χ4n) is 1.32. The standard InChI is InChI=1S/C11H14F3NO/c1-7(15-6-10(16)11(13)14)8-4-2-3-5-9(8)12/h2-5,7,10-11,15-16H,6H2,1H3. The largest absolute Gasteiger partial charge is 0.386 e. The molecule has 1 aromatic rings. The van der Waals surface area contributed by atoms with Gasteiger partial charge >= 0.3 is 0 Å². The highest BCUT2D eigenvalue weighted by molar-refractivity contribution is 5.20. The first-order chi connectivity index (χ1) is 7.52. The number of alkyl halides is 2. The number of hydrogen-bond acceptors (Lipinski definition) is 2. The number of aliphatic hydroxyl groups is 1. The van der Waals surface area contributed by atoms with E-state index in [9.17, 15) is 13.2 Å². The van der Waals surface area contributed by atoms with Crippen LogP contribution in [0.4, 0.5) is 13.2 Å². The molecule has 90 valence electrons. The van der Waals surface area contributed by atoms with Gasteiger partial charge in [-0.05, 0) is 13.0 Å². The van der Waals surface area contributed by atoms with Crippen molar-refractivity contribution in [3.8, 4) is 0 Å². The Morgan fingerprint density at radius 2 is 1.94 bits per heavy atom. The second kappa shape index (κ2) is 5.86. The maximum atomic E-state index is 13.3. The number of hydrogen-bond donors (Lipinski definition) is 2. The predicted octanol–water partition coefficient (Wildman–Crippen LogP) is 2.10. The van der Waals surface area contributed by atoms with Crippen molar-refractivity contribution in [3.63, 3.8) is 0 Å². The smallest absolute Gasteiger partial charge is 0.265 e. The van der Waals surface area contributed by atoms with Crippen LogP contribution in [0.5, 0.6) is 0 Å². The maximum absolute atomic E-state index is 13.3. The zero-order valence-electron chi connectivity index (χ0n) is 8.83. The van der Waals surface area contributed by atoms with Crippen molar-refractivity contribution in [2.45, 2.75) is 25.5 Å². The molecule has 0 saturated carbocycles. The van der Waals surface area contributed by atoms with Gasteiger partial charge in [0, 0.05) is 18.2 Å². The van der Waals surface area contributed by atoms with Crippen LogP contribution in [0.3, 0.4) is 0 Å². The average molecular weight is 233 g/mol. The van der Waals surface area contributed by atoms with Crippen LogP contribution in [0.25, 0.3) is 0 Å². The Morgan fingerprint density at radius 1 is 1.31 bits per heavy atom. The van der Waals surface area contributed by atoms with E-state index in [1.165, 1.54) is 6.07 Å². The van der Waals surface area contributed by atoms with Gasteiger partial charge < -0.3 is 10.4 Å². The van der Waals surface area contributed by atoms with Crippen molar-refractivity contribution in [2.75, 3.05) is 6.54 Å². The Balaban J connectivity index is 2.53. The van der Waals surface area contributed by atoms with Crippen LogP contribution < -0.4 is 5.32 Å². The quantitative estimate of drug-likeness (QED) is 0.816. The fourth-order valence-corrected chi connectivity index (χ4v) is 1.32. The van der Waals surface area contributed by atoms with Crippen molar-refractivity contribution in [1.82, 2.24) is 5.32 Å². The Labute approximate surface area is 92.1 Å². The first kappa shape index (κ1) is 13.0. The molecule has 0 saturated heterocycles. The second-order valence-electron chi connectivity index (χ2n) is 3.55. The molecular formula is C11H14F3NO. The molecule has 0 radical (unpaired) electrons. The van der Waals surface area contributed by atoms with Gasteiger partial charge in [0.2, 0.25) is 0 Å². The van der Waals surface area contributed by atoms with E-state index in [1.807, 2.05) is 0 Å². The van der Waals surface area contributed by atoms with Crippen LogP contribution in [0.2, 0.25) is 0 Å². The number of halogens is 3. The fraction of sp³-hybridized carbons (Fsp3) is 0.455. The number of aliphatic hydroxyl groups excluding tert-OH is 1. The molecule has 2 N–H and O–H groups in total. The summed E-state index contributed by atoms with van der Waals surface area (Å²) in [7, 11) is 0. The average Bonchev–Trinajstić information content (AvgIpc) is 2.25. The lowest BCUT2D eigenvalue weighted by molar-refractivity contribution is -0.00443. The molecule has 0 aliphatic carbocycles. The Kier molecular flexibility index (Phi) is 4.76. The number of rotatable bonds is 5. The third-order valence-electron chi connectivity index (χ3n) is 2.30. The van der Waals surface area contributed by atoms with E-state index >= 15 is 0 Å². The third kappa shape index (κ3) is 3.50. The highest BCUT2D eigenvalue weighted by atomic mass is 19.3. The number of benzene rings is 1. The first-order valence-electron chi connectivity index (χ1n) is 4.96. The van der Waals surface area contributed by atoms with Gasteiger partial charge in [-0.15, -0.1) is 0 Å². The molecule has 0 aromatic heterocycles. The van der Waals surface area contributed by atoms with E-state index < -0.39 is 24.4 Å². The molecule has 2 nitrogen and oxygen atoms in total. The van der Waals surface area contributed by atoms with Crippen molar-refractivity contribution in [2.24, 2.45) is 0 Å². The molecule has 0 aliphatic heterocycles. The number of nitrogens with one attached hydrogen (secondary N) is 1. The minimum absolute atomic E-state index is 0.271. The van der Waals surface area contributed by atoms with E-state index in [-0.39, 0.29) is 6.54 Å². The highest BCUT2D eigenvalue weighted by Crippen LogP contribution is 2.16.